The van der Waals surface area contributed by atoms with Crippen LogP contribution in [0.25, 0.3) is 10.9 Å². The van der Waals surface area contributed by atoms with Gasteiger partial charge in [-0.05, 0) is 56.4 Å². The summed E-state index contributed by atoms with van der Waals surface area (Å²) in [6.45, 7) is 8.44. The molecule has 1 aromatic heterocycles. The maximum atomic E-state index is 13.3. The van der Waals surface area contributed by atoms with Crippen LogP contribution in [0.3, 0.4) is 0 Å². The molecule has 4 heteroatoms. The second-order valence-corrected chi connectivity index (χ2v) is 10.6. The standard InChI is InChI=1S/C32H36N2O2/c1-23-9-13-25(14-10-23)20-34-21-29(27-7-4-5-8-30(27)34)28(26-15-11-24(2)12-16-26)19-31(35)33-22-32(3)17-6-18-36-32/h4-5,7-16,21,28H,6,17-20,22H2,1-3H3,(H,33,35). The number of nitrogens with one attached hydrogen (secondary N) is 1. The third-order valence-electron chi connectivity index (χ3n) is 7.50. The molecule has 186 valence electrons. The van der Waals surface area contributed by atoms with Crippen molar-refractivity contribution >= 4 is 16.8 Å². The highest BCUT2D eigenvalue weighted by Gasteiger charge is 2.31. The Labute approximate surface area is 214 Å². The molecule has 0 bridgehead atoms. The number of amides is 1. The topological polar surface area (TPSA) is 43.3 Å². The number of rotatable bonds is 8. The van der Waals surface area contributed by atoms with Crippen molar-refractivity contribution in [1.82, 2.24) is 9.88 Å². The van der Waals surface area contributed by atoms with Crippen LogP contribution in [0.15, 0.2) is 79.0 Å². The predicted octanol–water partition coefficient (Wildman–Crippen LogP) is 6.51. The van der Waals surface area contributed by atoms with Crippen LogP contribution in [0.4, 0.5) is 0 Å². The Kier molecular flexibility index (Phi) is 6.97. The van der Waals surface area contributed by atoms with Crippen LogP contribution in [0, 0.1) is 13.8 Å². The molecule has 1 aliphatic heterocycles. The van der Waals surface area contributed by atoms with Crippen molar-refractivity contribution in [2.24, 2.45) is 0 Å². The molecule has 4 aromatic rings. The summed E-state index contributed by atoms with van der Waals surface area (Å²) in [4.78, 5) is 13.3. The van der Waals surface area contributed by atoms with Gasteiger partial charge in [0, 0.05) is 49.1 Å². The van der Waals surface area contributed by atoms with E-state index in [9.17, 15) is 4.79 Å². The van der Waals surface area contributed by atoms with Crippen LogP contribution in [0.1, 0.15) is 59.9 Å². The number of carbonyl (C=O) groups excluding carboxylic acids is 1. The van der Waals surface area contributed by atoms with Crippen LogP contribution in [-0.2, 0) is 16.1 Å². The smallest absolute Gasteiger partial charge is 0.221 e. The van der Waals surface area contributed by atoms with Crippen LogP contribution in [-0.4, -0.2) is 29.2 Å². The zero-order valence-corrected chi connectivity index (χ0v) is 21.6. The number of aryl methyl sites for hydroxylation is 2. The molecule has 1 N–H and O–H groups in total. The van der Waals surface area contributed by atoms with E-state index in [1.54, 1.807) is 0 Å². The fourth-order valence-electron chi connectivity index (χ4n) is 5.30. The Bertz CT molecular complexity index is 1330. The molecule has 2 heterocycles. The van der Waals surface area contributed by atoms with Gasteiger partial charge in [0.05, 0.1) is 5.60 Å². The van der Waals surface area contributed by atoms with Gasteiger partial charge < -0.3 is 14.6 Å². The van der Waals surface area contributed by atoms with E-state index in [1.165, 1.54) is 33.2 Å². The zero-order chi connectivity index (χ0) is 25.1. The highest BCUT2D eigenvalue weighted by molar-refractivity contribution is 5.86. The molecular formula is C32H36N2O2. The molecule has 0 saturated carbocycles. The molecule has 5 rings (SSSR count). The summed E-state index contributed by atoms with van der Waals surface area (Å²) in [5, 5.41) is 4.38. The van der Waals surface area contributed by atoms with Crippen molar-refractivity contribution in [3.05, 3.63) is 107 Å². The zero-order valence-electron chi connectivity index (χ0n) is 21.6. The van der Waals surface area contributed by atoms with E-state index >= 15 is 0 Å². The van der Waals surface area contributed by atoms with Gasteiger partial charge in [0.1, 0.15) is 0 Å². The summed E-state index contributed by atoms with van der Waals surface area (Å²) >= 11 is 0. The summed E-state index contributed by atoms with van der Waals surface area (Å²) in [7, 11) is 0. The highest BCUT2D eigenvalue weighted by Crippen LogP contribution is 2.35. The Hall–Kier alpha value is -3.37. The summed E-state index contributed by atoms with van der Waals surface area (Å²) in [5.74, 6) is 0.0275. The van der Waals surface area contributed by atoms with Crippen LogP contribution in [0.5, 0.6) is 0 Å². The summed E-state index contributed by atoms with van der Waals surface area (Å²) in [5.41, 5.74) is 7.05. The normalized spacial score (nSPS) is 18.4. The van der Waals surface area contributed by atoms with Crippen molar-refractivity contribution in [2.45, 2.75) is 58.1 Å². The maximum absolute atomic E-state index is 13.3. The third-order valence-corrected chi connectivity index (χ3v) is 7.50. The molecular weight excluding hydrogens is 444 g/mol. The number of aromatic nitrogens is 1. The van der Waals surface area contributed by atoms with Gasteiger partial charge in [-0.15, -0.1) is 0 Å². The fourth-order valence-corrected chi connectivity index (χ4v) is 5.30. The van der Waals surface area contributed by atoms with Crippen molar-refractivity contribution in [3.8, 4) is 0 Å². The van der Waals surface area contributed by atoms with Gasteiger partial charge in [0.2, 0.25) is 5.91 Å². The van der Waals surface area contributed by atoms with E-state index in [4.69, 9.17) is 4.74 Å². The maximum Gasteiger partial charge on any atom is 0.221 e. The van der Waals surface area contributed by atoms with Crippen molar-refractivity contribution in [1.29, 1.82) is 0 Å². The Morgan fingerprint density at radius 2 is 1.69 bits per heavy atom. The van der Waals surface area contributed by atoms with Gasteiger partial charge >= 0.3 is 0 Å². The first-order valence-corrected chi connectivity index (χ1v) is 13.0. The van der Waals surface area contributed by atoms with E-state index in [0.717, 1.165) is 31.6 Å². The number of nitrogens with zero attached hydrogens (tertiary/aromatic N) is 1. The average Bonchev–Trinajstić information content (AvgIpc) is 3.48. The Balaban J connectivity index is 1.48. The van der Waals surface area contributed by atoms with E-state index in [-0.39, 0.29) is 17.4 Å². The first-order chi connectivity index (χ1) is 17.4. The number of ether oxygens (including phenoxy) is 1. The van der Waals surface area contributed by atoms with E-state index in [0.29, 0.717) is 13.0 Å². The highest BCUT2D eigenvalue weighted by atomic mass is 16.5. The van der Waals surface area contributed by atoms with Gasteiger partial charge in [-0.1, -0.05) is 77.9 Å². The van der Waals surface area contributed by atoms with Gasteiger partial charge in [-0.25, -0.2) is 0 Å². The van der Waals surface area contributed by atoms with Crippen LogP contribution >= 0.6 is 0 Å². The lowest BCUT2D eigenvalue weighted by Crippen LogP contribution is -2.40. The molecule has 3 aromatic carbocycles. The first kappa shape index (κ1) is 24.3. The van der Waals surface area contributed by atoms with Crippen molar-refractivity contribution < 1.29 is 9.53 Å². The van der Waals surface area contributed by atoms with E-state index in [2.05, 4.69) is 110 Å². The van der Waals surface area contributed by atoms with Gasteiger partial charge in [0.15, 0.2) is 0 Å². The molecule has 0 aliphatic carbocycles. The molecule has 0 radical (unpaired) electrons. The number of para-hydroxylation sites is 1. The molecule has 1 aliphatic rings. The molecule has 0 spiro atoms. The second-order valence-electron chi connectivity index (χ2n) is 10.6. The lowest BCUT2D eigenvalue weighted by molar-refractivity contribution is -0.122. The van der Waals surface area contributed by atoms with Gasteiger partial charge in [0.25, 0.3) is 0 Å². The van der Waals surface area contributed by atoms with Crippen molar-refractivity contribution in [3.63, 3.8) is 0 Å². The largest absolute Gasteiger partial charge is 0.373 e. The Morgan fingerprint density at radius 1 is 1.00 bits per heavy atom. The van der Waals surface area contributed by atoms with Crippen LogP contribution < -0.4 is 5.32 Å². The average molecular weight is 481 g/mol. The Morgan fingerprint density at radius 3 is 2.39 bits per heavy atom. The summed E-state index contributed by atoms with van der Waals surface area (Å²) in [6.07, 6.45) is 4.70. The minimum Gasteiger partial charge on any atom is -0.373 e. The SMILES string of the molecule is Cc1ccc(Cn2cc(C(CC(=O)NCC3(C)CCCO3)c3ccc(C)cc3)c3ccccc32)cc1. The number of fused-ring (bicyclic) bond motifs is 1. The minimum absolute atomic E-state index is 0.0351. The lowest BCUT2D eigenvalue weighted by Gasteiger charge is -2.24. The number of hydrogen-bond donors (Lipinski definition) is 1. The molecule has 36 heavy (non-hydrogen) atoms. The number of hydrogen-bond acceptors (Lipinski definition) is 2. The molecule has 1 amide bonds. The predicted molar refractivity (Wildman–Crippen MR) is 146 cm³/mol. The van der Waals surface area contributed by atoms with Gasteiger partial charge in [-0.3, -0.25) is 4.79 Å². The number of carbonyl (C=O) groups is 1. The van der Waals surface area contributed by atoms with Crippen molar-refractivity contribution in [2.75, 3.05) is 13.2 Å². The summed E-state index contributed by atoms with van der Waals surface area (Å²) < 4.78 is 8.21. The molecule has 4 nitrogen and oxygen atoms in total. The minimum atomic E-state index is -0.251. The van der Waals surface area contributed by atoms with Crippen LogP contribution in [0.2, 0.25) is 0 Å². The van der Waals surface area contributed by atoms with Gasteiger partial charge in [-0.2, -0.15) is 0 Å². The second kappa shape index (κ2) is 10.3. The third kappa shape index (κ3) is 5.39. The quantitative estimate of drug-likeness (QED) is 0.312. The van der Waals surface area contributed by atoms with E-state index < -0.39 is 0 Å². The summed E-state index contributed by atoms with van der Waals surface area (Å²) in [6, 6.07) is 25.9. The molecule has 1 saturated heterocycles. The molecule has 2 unspecified atom stereocenters. The van der Waals surface area contributed by atoms with E-state index in [1.807, 2.05) is 0 Å². The lowest BCUT2D eigenvalue weighted by atomic mass is 9.87. The monoisotopic (exact) mass is 480 g/mol. The molecule has 1 fully saturated rings. The molecule has 2 atom stereocenters. The number of benzene rings is 3. The first-order valence-electron chi connectivity index (χ1n) is 13.0. The fraction of sp³-hybridized carbons (Fsp3) is 0.344.